The number of aryl methyl sites for hydroxylation is 1. The van der Waals surface area contributed by atoms with E-state index in [0.29, 0.717) is 6.04 Å². The van der Waals surface area contributed by atoms with Gasteiger partial charge in [0.2, 0.25) is 0 Å². The molecule has 14 heavy (non-hydrogen) atoms. The van der Waals surface area contributed by atoms with E-state index in [1.165, 1.54) is 28.2 Å². The standard InChI is InChI=1S/C12H17NS/c1-3-13-11-7-8-14-12-9(2)5-4-6-10(11)12/h4-6,11,13H,3,7-8H2,1-2H3. The number of rotatable bonds is 2. The van der Waals surface area contributed by atoms with Crippen molar-refractivity contribution in [2.45, 2.75) is 31.2 Å². The summed E-state index contributed by atoms with van der Waals surface area (Å²) >= 11 is 2.00. The van der Waals surface area contributed by atoms with Crippen LogP contribution in [0, 0.1) is 6.92 Å². The van der Waals surface area contributed by atoms with Crippen LogP contribution in [0.3, 0.4) is 0 Å². The zero-order chi connectivity index (χ0) is 9.97. The molecule has 0 aromatic heterocycles. The van der Waals surface area contributed by atoms with Crippen LogP contribution >= 0.6 is 11.8 Å². The van der Waals surface area contributed by atoms with Gasteiger partial charge in [0, 0.05) is 10.9 Å². The third-order valence-electron chi connectivity index (χ3n) is 2.72. The summed E-state index contributed by atoms with van der Waals surface area (Å²) in [5.41, 5.74) is 2.93. The van der Waals surface area contributed by atoms with Crippen LogP contribution in [0.25, 0.3) is 0 Å². The highest BCUT2D eigenvalue weighted by Gasteiger charge is 2.20. The number of hydrogen-bond donors (Lipinski definition) is 1. The van der Waals surface area contributed by atoms with Crippen molar-refractivity contribution in [1.82, 2.24) is 5.32 Å². The Bertz CT molecular complexity index is 322. The van der Waals surface area contributed by atoms with E-state index < -0.39 is 0 Å². The summed E-state index contributed by atoms with van der Waals surface area (Å²) in [7, 11) is 0. The fourth-order valence-corrected chi connectivity index (χ4v) is 3.27. The highest BCUT2D eigenvalue weighted by molar-refractivity contribution is 7.99. The Labute approximate surface area is 90.3 Å². The Morgan fingerprint density at radius 3 is 3.14 bits per heavy atom. The minimum atomic E-state index is 0.580. The number of benzene rings is 1. The van der Waals surface area contributed by atoms with Gasteiger partial charge in [-0.25, -0.2) is 0 Å². The van der Waals surface area contributed by atoms with Crippen molar-refractivity contribution in [3.8, 4) is 0 Å². The van der Waals surface area contributed by atoms with Gasteiger partial charge in [-0.2, -0.15) is 0 Å². The van der Waals surface area contributed by atoms with Gasteiger partial charge in [-0.15, -0.1) is 11.8 Å². The van der Waals surface area contributed by atoms with Crippen LogP contribution in [0.5, 0.6) is 0 Å². The van der Waals surface area contributed by atoms with Crippen LogP contribution in [-0.2, 0) is 0 Å². The Hall–Kier alpha value is -0.470. The van der Waals surface area contributed by atoms with Gasteiger partial charge in [-0.3, -0.25) is 0 Å². The molecule has 0 fully saturated rings. The SMILES string of the molecule is CCNC1CCSc2c(C)cccc21. The molecule has 2 heteroatoms. The molecule has 0 aliphatic carbocycles. The van der Waals surface area contributed by atoms with Gasteiger partial charge in [0.25, 0.3) is 0 Å². The summed E-state index contributed by atoms with van der Waals surface area (Å²) in [6, 6.07) is 7.22. The van der Waals surface area contributed by atoms with Gasteiger partial charge in [0.05, 0.1) is 0 Å². The monoisotopic (exact) mass is 207 g/mol. The van der Waals surface area contributed by atoms with Gasteiger partial charge in [-0.05, 0) is 36.8 Å². The first-order chi connectivity index (χ1) is 6.83. The van der Waals surface area contributed by atoms with Crippen LogP contribution in [0.15, 0.2) is 23.1 Å². The Morgan fingerprint density at radius 1 is 1.50 bits per heavy atom. The lowest BCUT2D eigenvalue weighted by Gasteiger charge is -2.26. The van der Waals surface area contributed by atoms with Gasteiger partial charge in [0.1, 0.15) is 0 Å². The third kappa shape index (κ3) is 1.82. The number of thioether (sulfide) groups is 1. The molecule has 0 saturated heterocycles. The fraction of sp³-hybridized carbons (Fsp3) is 0.500. The van der Waals surface area contributed by atoms with Crippen molar-refractivity contribution in [1.29, 1.82) is 0 Å². The smallest absolute Gasteiger partial charge is 0.0339 e. The largest absolute Gasteiger partial charge is 0.310 e. The van der Waals surface area contributed by atoms with E-state index in [1.807, 2.05) is 11.8 Å². The normalized spacial score (nSPS) is 20.6. The van der Waals surface area contributed by atoms with E-state index in [9.17, 15) is 0 Å². The summed E-state index contributed by atoms with van der Waals surface area (Å²) in [5.74, 6) is 1.25. The molecule has 1 heterocycles. The maximum Gasteiger partial charge on any atom is 0.0339 e. The Kier molecular flexibility index (Phi) is 3.14. The van der Waals surface area contributed by atoms with Crippen LogP contribution < -0.4 is 5.32 Å². The molecule has 0 spiro atoms. The molecule has 1 aromatic rings. The fourth-order valence-electron chi connectivity index (χ4n) is 2.04. The molecular formula is C12H17NS. The lowest BCUT2D eigenvalue weighted by atomic mass is 10.0. The molecule has 0 bridgehead atoms. The van der Waals surface area contributed by atoms with Gasteiger partial charge in [-0.1, -0.05) is 25.1 Å². The predicted octanol–water partition coefficient (Wildman–Crippen LogP) is 3.14. The average Bonchev–Trinajstić information content (AvgIpc) is 2.20. The summed E-state index contributed by atoms with van der Waals surface area (Å²) in [5, 5.41) is 3.55. The first-order valence-electron chi connectivity index (χ1n) is 5.28. The molecule has 0 saturated carbocycles. The molecule has 76 valence electrons. The molecule has 0 amide bonds. The van der Waals surface area contributed by atoms with Crippen molar-refractivity contribution in [2.24, 2.45) is 0 Å². The first kappa shape index (κ1) is 10.1. The van der Waals surface area contributed by atoms with Crippen molar-refractivity contribution in [3.05, 3.63) is 29.3 Å². The lowest BCUT2D eigenvalue weighted by molar-refractivity contribution is 0.527. The van der Waals surface area contributed by atoms with Crippen molar-refractivity contribution in [3.63, 3.8) is 0 Å². The van der Waals surface area contributed by atoms with Gasteiger partial charge >= 0.3 is 0 Å². The molecule has 1 aliphatic heterocycles. The van der Waals surface area contributed by atoms with E-state index >= 15 is 0 Å². The van der Waals surface area contributed by atoms with Crippen LogP contribution in [0.1, 0.15) is 30.5 Å². The third-order valence-corrected chi connectivity index (χ3v) is 4.01. The minimum Gasteiger partial charge on any atom is -0.310 e. The Morgan fingerprint density at radius 2 is 2.36 bits per heavy atom. The highest BCUT2D eigenvalue weighted by atomic mass is 32.2. The predicted molar refractivity (Wildman–Crippen MR) is 62.9 cm³/mol. The number of fused-ring (bicyclic) bond motifs is 1. The number of nitrogens with one attached hydrogen (secondary N) is 1. The van der Waals surface area contributed by atoms with E-state index in [4.69, 9.17) is 0 Å². The summed E-state index contributed by atoms with van der Waals surface area (Å²) in [6.45, 7) is 5.44. The van der Waals surface area contributed by atoms with E-state index in [2.05, 4.69) is 37.4 Å². The van der Waals surface area contributed by atoms with E-state index in [1.54, 1.807) is 0 Å². The topological polar surface area (TPSA) is 12.0 Å². The lowest BCUT2D eigenvalue weighted by Crippen LogP contribution is -2.24. The van der Waals surface area contributed by atoms with Crippen LogP contribution in [0.2, 0.25) is 0 Å². The van der Waals surface area contributed by atoms with E-state index in [0.717, 1.165) is 6.54 Å². The molecule has 1 atom stereocenters. The molecule has 2 rings (SSSR count). The second-order valence-corrected chi connectivity index (χ2v) is 4.85. The minimum absolute atomic E-state index is 0.580. The second kappa shape index (κ2) is 4.37. The van der Waals surface area contributed by atoms with Crippen molar-refractivity contribution < 1.29 is 0 Å². The summed E-state index contributed by atoms with van der Waals surface area (Å²) < 4.78 is 0. The first-order valence-corrected chi connectivity index (χ1v) is 6.27. The molecule has 1 unspecified atom stereocenters. The number of hydrogen-bond acceptors (Lipinski definition) is 2. The summed E-state index contributed by atoms with van der Waals surface area (Å²) in [4.78, 5) is 1.50. The van der Waals surface area contributed by atoms with Crippen molar-refractivity contribution >= 4 is 11.8 Å². The second-order valence-electron chi connectivity index (χ2n) is 3.74. The molecular weight excluding hydrogens is 190 g/mol. The maximum absolute atomic E-state index is 3.55. The zero-order valence-corrected chi connectivity index (χ0v) is 9.66. The Balaban J connectivity index is 2.34. The molecule has 1 aromatic carbocycles. The molecule has 0 radical (unpaired) electrons. The zero-order valence-electron chi connectivity index (χ0n) is 8.84. The van der Waals surface area contributed by atoms with Crippen LogP contribution in [-0.4, -0.2) is 12.3 Å². The molecule has 1 nitrogen and oxygen atoms in total. The summed E-state index contributed by atoms with van der Waals surface area (Å²) in [6.07, 6.45) is 1.26. The molecule has 1 N–H and O–H groups in total. The highest BCUT2D eigenvalue weighted by Crippen LogP contribution is 2.37. The van der Waals surface area contributed by atoms with E-state index in [-0.39, 0.29) is 0 Å². The average molecular weight is 207 g/mol. The maximum atomic E-state index is 3.55. The molecule has 1 aliphatic rings. The quantitative estimate of drug-likeness (QED) is 0.799. The van der Waals surface area contributed by atoms with Gasteiger partial charge < -0.3 is 5.32 Å². The van der Waals surface area contributed by atoms with Crippen molar-refractivity contribution in [2.75, 3.05) is 12.3 Å². The van der Waals surface area contributed by atoms with Gasteiger partial charge in [0.15, 0.2) is 0 Å². The van der Waals surface area contributed by atoms with Crippen LogP contribution in [0.4, 0.5) is 0 Å².